The summed E-state index contributed by atoms with van der Waals surface area (Å²) in [5, 5.41) is 10.5. The van der Waals surface area contributed by atoms with Crippen molar-refractivity contribution in [2.45, 2.75) is 6.61 Å². The minimum atomic E-state index is -0.531. The standard InChI is InChI=1S/C10H10N4O2/c1-14-9(11-12-13-14)10(15)16-7-8-5-3-2-4-6-8/h2-6H,7H2,1H3. The summed E-state index contributed by atoms with van der Waals surface area (Å²) in [7, 11) is 1.58. The lowest BCUT2D eigenvalue weighted by atomic mass is 10.2. The molecule has 0 atom stereocenters. The Labute approximate surface area is 91.8 Å². The first-order chi connectivity index (χ1) is 7.77. The van der Waals surface area contributed by atoms with E-state index in [1.54, 1.807) is 7.05 Å². The molecule has 0 unspecified atom stereocenters. The summed E-state index contributed by atoms with van der Waals surface area (Å²) in [6.45, 7) is 0.215. The molecule has 1 aromatic carbocycles. The SMILES string of the molecule is Cn1nnnc1C(=O)OCc1ccccc1. The fourth-order valence-electron chi connectivity index (χ4n) is 1.19. The molecule has 1 aromatic heterocycles. The molecule has 0 amide bonds. The number of rotatable bonds is 3. The second kappa shape index (κ2) is 4.52. The Kier molecular flexibility index (Phi) is 2.90. The lowest BCUT2D eigenvalue weighted by Gasteiger charge is -2.02. The van der Waals surface area contributed by atoms with Crippen LogP contribution in [0.3, 0.4) is 0 Å². The number of tetrazole rings is 1. The van der Waals surface area contributed by atoms with Crippen LogP contribution in [-0.4, -0.2) is 26.2 Å². The minimum Gasteiger partial charge on any atom is -0.455 e. The summed E-state index contributed by atoms with van der Waals surface area (Å²) < 4.78 is 6.32. The van der Waals surface area contributed by atoms with Crippen LogP contribution in [0.5, 0.6) is 0 Å². The molecule has 2 rings (SSSR count). The summed E-state index contributed by atoms with van der Waals surface area (Å²) in [6.07, 6.45) is 0. The van der Waals surface area contributed by atoms with Crippen molar-refractivity contribution in [1.29, 1.82) is 0 Å². The lowest BCUT2D eigenvalue weighted by Crippen LogP contribution is -2.12. The molecule has 0 spiro atoms. The normalized spacial score (nSPS) is 10.1. The Morgan fingerprint density at radius 3 is 2.75 bits per heavy atom. The highest BCUT2D eigenvalue weighted by molar-refractivity contribution is 5.84. The van der Waals surface area contributed by atoms with Gasteiger partial charge in [-0.25, -0.2) is 9.48 Å². The van der Waals surface area contributed by atoms with E-state index < -0.39 is 5.97 Å². The van der Waals surface area contributed by atoms with Crippen molar-refractivity contribution in [1.82, 2.24) is 20.2 Å². The summed E-state index contributed by atoms with van der Waals surface area (Å²) in [5.74, 6) is -0.438. The van der Waals surface area contributed by atoms with E-state index >= 15 is 0 Å². The van der Waals surface area contributed by atoms with Crippen LogP contribution in [0.15, 0.2) is 30.3 Å². The maximum absolute atomic E-state index is 11.5. The molecule has 82 valence electrons. The van der Waals surface area contributed by atoms with Gasteiger partial charge < -0.3 is 4.74 Å². The molecule has 0 bridgehead atoms. The number of aryl methyl sites for hydroxylation is 1. The molecule has 16 heavy (non-hydrogen) atoms. The smallest absolute Gasteiger partial charge is 0.378 e. The molecule has 0 N–H and O–H groups in total. The van der Waals surface area contributed by atoms with Crippen molar-refractivity contribution in [2.75, 3.05) is 0 Å². The summed E-state index contributed by atoms with van der Waals surface area (Å²) in [6, 6.07) is 9.42. The maximum Gasteiger partial charge on any atom is 0.378 e. The van der Waals surface area contributed by atoms with Gasteiger partial charge in [0.05, 0.1) is 0 Å². The molecule has 0 aliphatic carbocycles. The zero-order valence-corrected chi connectivity index (χ0v) is 8.70. The van der Waals surface area contributed by atoms with Gasteiger partial charge in [-0.1, -0.05) is 30.3 Å². The third-order valence-electron chi connectivity index (χ3n) is 2.02. The number of esters is 1. The molecular formula is C10H10N4O2. The van der Waals surface area contributed by atoms with Crippen molar-refractivity contribution in [2.24, 2.45) is 7.05 Å². The average Bonchev–Trinajstić information content (AvgIpc) is 2.74. The number of carbonyl (C=O) groups is 1. The first-order valence-corrected chi connectivity index (χ1v) is 4.71. The van der Waals surface area contributed by atoms with Gasteiger partial charge in [0.1, 0.15) is 6.61 Å². The number of aromatic nitrogens is 4. The molecule has 0 fully saturated rings. The van der Waals surface area contributed by atoms with Gasteiger partial charge in [-0.15, -0.1) is 5.10 Å². The molecule has 1 heterocycles. The molecule has 0 radical (unpaired) electrons. The van der Waals surface area contributed by atoms with E-state index in [2.05, 4.69) is 15.5 Å². The molecule has 6 heteroatoms. The third kappa shape index (κ3) is 2.22. The van der Waals surface area contributed by atoms with Crippen LogP contribution in [-0.2, 0) is 18.4 Å². The van der Waals surface area contributed by atoms with Crippen LogP contribution in [0, 0.1) is 0 Å². The van der Waals surface area contributed by atoms with Crippen LogP contribution in [0.25, 0.3) is 0 Å². The number of benzene rings is 1. The number of hydrogen-bond acceptors (Lipinski definition) is 5. The van der Waals surface area contributed by atoms with Gasteiger partial charge >= 0.3 is 5.97 Å². The van der Waals surface area contributed by atoms with Crippen molar-refractivity contribution in [3.05, 3.63) is 41.7 Å². The molecule has 0 aliphatic rings. The fourth-order valence-corrected chi connectivity index (χ4v) is 1.19. The predicted molar refractivity (Wildman–Crippen MR) is 54.4 cm³/mol. The quantitative estimate of drug-likeness (QED) is 0.704. The topological polar surface area (TPSA) is 69.9 Å². The van der Waals surface area contributed by atoms with E-state index in [4.69, 9.17) is 4.74 Å². The number of carbonyl (C=O) groups excluding carboxylic acids is 1. The van der Waals surface area contributed by atoms with Crippen LogP contribution in [0.4, 0.5) is 0 Å². The second-order valence-corrected chi connectivity index (χ2v) is 3.19. The molecule has 0 saturated heterocycles. The van der Waals surface area contributed by atoms with Gasteiger partial charge in [0.2, 0.25) is 0 Å². The van der Waals surface area contributed by atoms with E-state index in [0.717, 1.165) is 5.56 Å². The largest absolute Gasteiger partial charge is 0.455 e. The molecule has 2 aromatic rings. The van der Waals surface area contributed by atoms with Crippen LogP contribution >= 0.6 is 0 Å². The Morgan fingerprint density at radius 2 is 2.12 bits per heavy atom. The average molecular weight is 218 g/mol. The molecular weight excluding hydrogens is 208 g/mol. The molecule has 0 saturated carbocycles. The van der Waals surface area contributed by atoms with Crippen LogP contribution in [0.1, 0.15) is 16.2 Å². The number of hydrogen-bond donors (Lipinski definition) is 0. The van der Waals surface area contributed by atoms with E-state index in [0.29, 0.717) is 0 Å². The third-order valence-corrected chi connectivity index (χ3v) is 2.02. The molecule has 6 nitrogen and oxygen atoms in total. The summed E-state index contributed by atoms with van der Waals surface area (Å²) in [5.41, 5.74) is 0.922. The highest BCUT2D eigenvalue weighted by atomic mass is 16.5. The van der Waals surface area contributed by atoms with E-state index in [-0.39, 0.29) is 12.4 Å². The summed E-state index contributed by atoms with van der Waals surface area (Å²) >= 11 is 0. The highest BCUT2D eigenvalue weighted by Crippen LogP contribution is 2.02. The van der Waals surface area contributed by atoms with Gasteiger partial charge in [-0.2, -0.15) is 0 Å². The Hall–Kier alpha value is -2.24. The Bertz CT molecular complexity index is 481. The fraction of sp³-hybridized carbons (Fsp3) is 0.200. The minimum absolute atomic E-state index is 0.0935. The monoisotopic (exact) mass is 218 g/mol. The van der Waals surface area contributed by atoms with Gasteiger partial charge in [-0.3, -0.25) is 0 Å². The van der Waals surface area contributed by atoms with Gasteiger partial charge in [0.25, 0.3) is 5.82 Å². The Balaban J connectivity index is 1.97. The van der Waals surface area contributed by atoms with E-state index in [1.165, 1.54) is 4.68 Å². The van der Waals surface area contributed by atoms with Crippen molar-refractivity contribution in [3.63, 3.8) is 0 Å². The lowest BCUT2D eigenvalue weighted by molar-refractivity contribution is 0.0452. The second-order valence-electron chi connectivity index (χ2n) is 3.19. The first-order valence-electron chi connectivity index (χ1n) is 4.71. The van der Waals surface area contributed by atoms with Crippen LogP contribution < -0.4 is 0 Å². The van der Waals surface area contributed by atoms with Gasteiger partial charge in [0, 0.05) is 7.05 Å². The number of nitrogens with zero attached hydrogens (tertiary/aromatic N) is 4. The first kappa shape index (κ1) is 10.3. The maximum atomic E-state index is 11.5. The predicted octanol–water partition coefficient (Wildman–Crippen LogP) is 0.567. The highest BCUT2D eigenvalue weighted by Gasteiger charge is 2.14. The van der Waals surface area contributed by atoms with Crippen LogP contribution in [0.2, 0.25) is 0 Å². The van der Waals surface area contributed by atoms with Crippen molar-refractivity contribution in [3.8, 4) is 0 Å². The molecule has 0 aliphatic heterocycles. The zero-order chi connectivity index (χ0) is 11.4. The summed E-state index contributed by atoms with van der Waals surface area (Å²) in [4.78, 5) is 11.5. The van der Waals surface area contributed by atoms with Gasteiger partial charge in [-0.05, 0) is 16.0 Å². The van der Waals surface area contributed by atoms with E-state index in [9.17, 15) is 4.79 Å². The van der Waals surface area contributed by atoms with Gasteiger partial charge in [0.15, 0.2) is 0 Å². The zero-order valence-electron chi connectivity index (χ0n) is 8.70. The Morgan fingerprint density at radius 1 is 1.38 bits per heavy atom. The van der Waals surface area contributed by atoms with Crippen molar-refractivity contribution >= 4 is 5.97 Å². The number of ether oxygens (including phenoxy) is 1. The van der Waals surface area contributed by atoms with Crippen molar-refractivity contribution < 1.29 is 9.53 Å². The van der Waals surface area contributed by atoms with E-state index in [1.807, 2.05) is 30.3 Å².